The number of fused-ring (bicyclic) bond motifs is 1. The second-order valence-corrected chi connectivity index (χ2v) is 8.51. The van der Waals surface area contributed by atoms with E-state index in [4.69, 9.17) is 9.47 Å². The summed E-state index contributed by atoms with van der Waals surface area (Å²) in [6, 6.07) is 7.76. The zero-order valence-electron chi connectivity index (χ0n) is 19.2. The van der Waals surface area contributed by atoms with Crippen LogP contribution in [0.3, 0.4) is 0 Å². The van der Waals surface area contributed by atoms with Gasteiger partial charge in [-0.2, -0.15) is 0 Å². The van der Waals surface area contributed by atoms with Crippen molar-refractivity contribution in [3.05, 3.63) is 70.9 Å². The smallest absolute Gasteiger partial charge is 0.408 e. The number of carbonyl (C=O) groups is 2. The van der Waals surface area contributed by atoms with Crippen LogP contribution in [0.1, 0.15) is 62.1 Å². The number of alkyl carbamates (subject to hydrolysis) is 1. The molecule has 0 aliphatic carbocycles. The summed E-state index contributed by atoms with van der Waals surface area (Å²) in [7, 11) is 0. The highest BCUT2D eigenvalue weighted by Gasteiger charge is 2.25. The standard InChI is InChI=1S/C25H26F2N2O4/c1-6-32-23-18-9-7-8-17(16(18)10-11-28-23)22(30)21-19(26)12-15(13-20(21)27)14(2)29-24(31)33-25(3,4)5/h7-14H,6H2,1-5H3,(H,29,31)/t14-/m0/s1. The van der Waals surface area contributed by atoms with Crippen molar-refractivity contribution in [2.24, 2.45) is 0 Å². The lowest BCUT2D eigenvalue weighted by Crippen LogP contribution is -2.34. The van der Waals surface area contributed by atoms with Gasteiger partial charge in [0.05, 0.1) is 18.2 Å². The molecule has 0 saturated heterocycles. The Kier molecular flexibility index (Phi) is 6.95. The molecule has 1 amide bonds. The van der Waals surface area contributed by atoms with Gasteiger partial charge in [-0.3, -0.25) is 4.79 Å². The number of hydrogen-bond donors (Lipinski definition) is 1. The number of hydrogen-bond acceptors (Lipinski definition) is 5. The van der Waals surface area contributed by atoms with E-state index in [1.54, 1.807) is 52.8 Å². The second-order valence-electron chi connectivity index (χ2n) is 8.51. The van der Waals surface area contributed by atoms with Gasteiger partial charge in [-0.25, -0.2) is 18.6 Å². The molecule has 1 heterocycles. The van der Waals surface area contributed by atoms with E-state index < -0.39 is 40.7 Å². The van der Waals surface area contributed by atoms with Crippen LogP contribution in [0, 0.1) is 11.6 Å². The minimum Gasteiger partial charge on any atom is -0.478 e. The van der Waals surface area contributed by atoms with Crippen LogP contribution in [-0.4, -0.2) is 29.1 Å². The molecule has 8 heteroatoms. The number of nitrogens with one attached hydrogen (secondary N) is 1. The van der Waals surface area contributed by atoms with Gasteiger partial charge in [0.2, 0.25) is 5.88 Å². The third-order valence-corrected chi connectivity index (χ3v) is 4.82. The van der Waals surface area contributed by atoms with Crippen LogP contribution in [0.4, 0.5) is 13.6 Å². The predicted molar refractivity (Wildman–Crippen MR) is 120 cm³/mol. The molecule has 1 N–H and O–H groups in total. The quantitative estimate of drug-likeness (QED) is 0.480. The van der Waals surface area contributed by atoms with Crippen LogP contribution < -0.4 is 10.1 Å². The topological polar surface area (TPSA) is 77.5 Å². The molecule has 1 aromatic heterocycles. The Morgan fingerprint density at radius 1 is 1.09 bits per heavy atom. The maximum atomic E-state index is 15.0. The first-order chi connectivity index (χ1) is 15.5. The van der Waals surface area contributed by atoms with E-state index in [0.29, 0.717) is 23.3 Å². The van der Waals surface area contributed by atoms with E-state index in [2.05, 4.69) is 10.3 Å². The van der Waals surface area contributed by atoms with Crippen LogP contribution in [0.15, 0.2) is 42.6 Å². The van der Waals surface area contributed by atoms with Crippen molar-refractivity contribution in [3.63, 3.8) is 0 Å². The number of amides is 1. The molecule has 1 atom stereocenters. The van der Waals surface area contributed by atoms with Gasteiger partial charge in [-0.1, -0.05) is 12.1 Å². The summed E-state index contributed by atoms with van der Waals surface area (Å²) in [5.41, 5.74) is -1.10. The summed E-state index contributed by atoms with van der Waals surface area (Å²) in [6.45, 7) is 8.87. The summed E-state index contributed by atoms with van der Waals surface area (Å²) in [4.78, 5) is 29.3. The average molecular weight is 456 g/mol. The third kappa shape index (κ3) is 5.45. The number of halogens is 2. The Bertz CT molecular complexity index is 1180. The number of ketones is 1. The number of pyridine rings is 1. The van der Waals surface area contributed by atoms with Gasteiger partial charge in [0.1, 0.15) is 17.2 Å². The summed E-state index contributed by atoms with van der Waals surface area (Å²) >= 11 is 0. The van der Waals surface area contributed by atoms with E-state index in [1.807, 2.05) is 0 Å². The van der Waals surface area contributed by atoms with Gasteiger partial charge >= 0.3 is 6.09 Å². The van der Waals surface area contributed by atoms with Crippen molar-refractivity contribution in [2.75, 3.05) is 6.61 Å². The molecule has 33 heavy (non-hydrogen) atoms. The van der Waals surface area contributed by atoms with Gasteiger partial charge in [-0.05, 0) is 69.8 Å². The molecule has 174 valence electrons. The molecule has 3 rings (SSSR count). The molecule has 0 aliphatic heterocycles. The van der Waals surface area contributed by atoms with Crippen molar-refractivity contribution in [1.82, 2.24) is 10.3 Å². The summed E-state index contributed by atoms with van der Waals surface area (Å²) in [5.74, 6) is -2.51. The summed E-state index contributed by atoms with van der Waals surface area (Å²) in [6.07, 6.45) is 0.759. The second kappa shape index (κ2) is 9.52. The molecular weight excluding hydrogens is 430 g/mol. The molecule has 0 aliphatic rings. The first-order valence-electron chi connectivity index (χ1n) is 10.6. The lowest BCUT2D eigenvalue weighted by molar-refractivity contribution is 0.0507. The Hall–Kier alpha value is -3.55. The fourth-order valence-electron chi connectivity index (χ4n) is 3.39. The van der Waals surface area contributed by atoms with Gasteiger partial charge in [0, 0.05) is 17.1 Å². The highest BCUT2D eigenvalue weighted by Crippen LogP contribution is 2.29. The number of ether oxygens (including phenoxy) is 2. The lowest BCUT2D eigenvalue weighted by Gasteiger charge is -2.22. The number of aromatic nitrogens is 1. The Balaban J connectivity index is 1.94. The van der Waals surface area contributed by atoms with Crippen LogP contribution in [-0.2, 0) is 4.74 Å². The van der Waals surface area contributed by atoms with Crippen LogP contribution >= 0.6 is 0 Å². The summed E-state index contributed by atoms with van der Waals surface area (Å²) < 4.78 is 40.6. The van der Waals surface area contributed by atoms with E-state index in [-0.39, 0.29) is 11.1 Å². The molecule has 2 aromatic carbocycles. The fraction of sp³-hybridized carbons (Fsp3) is 0.320. The van der Waals surface area contributed by atoms with Gasteiger partial charge in [0.15, 0.2) is 5.78 Å². The molecule has 0 spiro atoms. The normalized spacial score (nSPS) is 12.3. The van der Waals surface area contributed by atoms with E-state index in [1.165, 1.54) is 12.3 Å². The highest BCUT2D eigenvalue weighted by molar-refractivity contribution is 6.17. The molecule has 0 radical (unpaired) electrons. The van der Waals surface area contributed by atoms with Crippen molar-refractivity contribution in [2.45, 2.75) is 46.3 Å². The minimum atomic E-state index is -1.02. The largest absolute Gasteiger partial charge is 0.478 e. The van der Waals surface area contributed by atoms with Crippen LogP contribution in [0.5, 0.6) is 5.88 Å². The zero-order valence-corrected chi connectivity index (χ0v) is 19.2. The maximum Gasteiger partial charge on any atom is 0.408 e. The lowest BCUT2D eigenvalue weighted by atomic mass is 9.95. The number of benzene rings is 2. The molecular formula is C25H26F2N2O4. The molecule has 3 aromatic rings. The van der Waals surface area contributed by atoms with Crippen molar-refractivity contribution in [3.8, 4) is 5.88 Å². The Morgan fingerprint density at radius 3 is 2.36 bits per heavy atom. The van der Waals surface area contributed by atoms with Gasteiger partial charge in [0.25, 0.3) is 0 Å². The Labute approximate surface area is 190 Å². The molecule has 0 unspecified atom stereocenters. The first kappa shape index (κ1) is 24.1. The van der Waals surface area contributed by atoms with E-state index >= 15 is 0 Å². The number of carbonyl (C=O) groups excluding carboxylic acids is 2. The van der Waals surface area contributed by atoms with Crippen LogP contribution in [0.25, 0.3) is 10.8 Å². The van der Waals surface area contributed by atoms with Crippen molar-refractivity contribution >= 4 is 22.6 Å². The molecule has 0 saturated carbocycles. The molecule has 6 nitrogen and oxygen atoms in total. The predicted octanol–water partition coefficient (Wildman–Crippen LogP) is 5.73. The maximum absolute atomic E-state index is 15.0. The van der Waals surface area contributed by atoms with Gasteiger partial charge < -0.3 is 14.8 Å². The van der Waals surface area contributed by atoms with Crippen LogP contribution in [0.2, 0.25) is 0 Å². The molecule has 0 bridgehead atoms. The zero-order chi connectivity index (χ0) is 24.3. The SMILES string of the molecule is CCOc1nccc2c(C(=O)c3c(F)cc([C@H](C)NC(=O)OC(C)(C)C)cc3F)cccc12. The van der Waals surface area contributed by atoms with Crippen molar-refractivity contribution < 1.29 is 27.8 Å². The van der Waals surface area contributed by atoms with Crippen molar-refractivity contribution in [1.29, 1.82) is 0 Å². The first-order valence-corrected chi connectivity index (χ1v) is 10.6. The summed E-state index contributed by atoms with van der Waals surface area (Å²) in [5, 5.41) is 3.57. The fourth-order valence-corrected chi connectivity index (χ4v) is 3.39. The van der Waals surface area contributed by atoms with E-state index in [9.17, 15) is 18.4 Å². The number of nitrogens with zero attached hydrogens (tertiary/aromatic N) is 1. The third-order valence-electron chi connectivity index (χ3n) is 4.82. The van der Waals surface area contributed by atoms with E-state index in [0.717, 1.165) is 12.1 Å². The Morgan fingerprint density at radius 2 is 1.76 bits per heavy atom. The van der Waals surface area contributed by atoms with Gasteiger partial charge in [-0.15, -0.1) is 0 Å². The average Bonchev–Trinajstić information content (AvgIpc) is 2.71. The number of rotatable bonds is 6. The highest BCUT2D eigenvalue weighted by atomic mass is 19.1. The monoisotopic (exact) mass is 456 g/mol. The minimum absolute atomic E-state index is 0.126. The molecule has 0 fully saturated rings.